The van der Waals surface area contributed by atoms with Gasteiger partial charge in [-0.3, -0.25) is 0 Å². The topological polar surface area (TPSA) is 83.8 Å². The van der Waals surface area contributed by atoms with Crippen LogP contribution in [0, 0.1) is 0 Å². The molecule has 0 radical (unpaired) electrons. The van der Waals surface area contributed by atoms with Gasteiger partial charge in [0.1, 0.15) is 0 Å². The Morgan fingerprint density at radius 1 is 1.50 bits per heavy atom. The SMILES string of the molecule is O=S(=O)(CC(O)CO)CC1CCCO1. The second kappa shape index (κ2) is 5.06. The zero-order valence-electron chi connectivity index (χ0n) is 7.92. The quantitative estimate of drug-likeness (QED) is 0.621. The van der Waals surface area contributed by atoms with Crippen LogP contribution in [0.25, 0.3) is 0 Å². The van der Waals surface area contributed by atoms with E-state index in [1.54, 1.807) is 0 Å². The summed E-state index contributed by atoms with van der Waals surface area (Å²) in [7, 11) is -3.31. The van der Waals surface area contributed by atoms with Crippen molar-refractivity contribution >= 4 is 9.84 Å². The van der Waals surface area contributed by atoms with Crippen molar-refractivity contribution in [1.82, 2.24) is 0 Å². The van der Waals surface area contributed by atoms with Gasteiger partial charge in [0.15, 0.2) is 9.84 Å². The minimum absolute atomic E-state index is 0.0515. The molecule has 2 unspecified atom stereocenters. The highest BCUT2D eigenvalue weighted by Crippen LogP contribution is 2.14. The summed E-state index contributed by atoms with van der Waals surface area (Å²) in [5.74, 6) is -0.437. The van der Waals surface area contributed by atoms with Gasteiger partial charge in [0.25, 0.3) is 0 Å². The van der Waals surface area contributed by atoms with Gasteiger partial charge in [-0.15, -0.1) is 0 Å². The van der Waals surface area contributed by atoms with E-state index in [0.717, 1.165) is 12.8 Å². The highest BCUT2D eigenvalue weighted by Gasteiger charge is 2.25. The molecule has 0 aromatic heterocycles. The second-order valence-corrected chi connectivity index (χ2v) is 5.70. The Morgan fingerprint density at radius 2 is 2.21 bits per heavy atom. The summed E-state index contributed by atoms with van der Waals surface area (Å²) in [5, 5.41) is 17.5. The fourth-order valence-corrected chi connectivity index (χ4v) is 3.13. The Morgan fingerprint density at radius 3 is 2.71 bits per heavy atom. The molecule has 0 aliphatic carbocycles. The van der Waals surface area contributed by atoms with Gasteiger partial charge in [-0.1, -0.05) is 0 Å². The van der Waals surface area contributed by atoms with Crippen molar-refractivity contribution in [1.29, 1.82) is 0 Å². The van der Waals surface area contributed by atoms with Gasteiger partial charge < -0.3 is 14.9 Å². The van der Waals surface area contributed by atoms with E-state index >= 15 is 0 Å². The van der Waals surface area contributed by atoms with Crippen molar-refractivity contribution < 1.29 is 23.4 Å². The third-order valence-electron chi connectivity index (χ3n) is 2.12. The van der Waals surface area contributed by atoms with Gasteiger partial charge in [-0.2, -0.15) is 0 Å². The molecule has 1 aliphatic rings. The van der Waals surface area contributed by atoms with Gasteiger partial charge >= 0.3 is 0 Å². The summed E-state index contributed by atoms with van der Waals surface area (Å²) in [4.78, 5) is 0. The molecule has 2 atom stereocenters. The van der Waals surface area contributed by atoms with E-state index < -0.39 is 22.5 Å². The highest BCUT2D eigenvalue weighted by atomic mass is 32.2. The largest absolute Gasteiger partial charge is 0.394 e. The molecule has 5 nitrogen and oxygen atoms in total. The third-order valence-corrected chi connectivity index (χ3v) is 3.89. The van der Waals surface area contributed by atoms with E-state index in [1.807, 2.05) is 0 Å². The first-order valence-corrected chi connectivity index (χ1v) is 6.46. The summed E-state index contributed by atoms with van der Waals surface area (Å²) in [6, 6.07) is 0. The first-order valence-electron chi connectivity index (χ1n) is 4.64. The summed E-state index contributed by atoms with van der Waals surface area (Å²) >= 11 is 0. The van der Waals surface area contributed by atoms with Crippen LogP contribution >= 0.6 is 0 Å². The molecule has 0 aromatic rings. The van der Waals surface area contributed by atoms with Crippen LogP contribution in [0.4, 0.5) is 0 Å². The van der Waals surface area contributed by atoms with Crippen LogP contribution in [-0.2, 0) is 14.6 Å². The lowest BCUT2D eigenvalue weighted by Crippen LogP contribution is -2.30. The van der Waals surface area contributed by atoms with Gasteiger partial charge in [0, 0.05) is 6.61 Å². The molecule has 0 amide bonds. The lowest BCUT2D eigenvalue weighted by molar-refractivity contribution is 0.110. The van der Waals surface area contributed by atoms with E-state index in [2.05, 4.69) is 0 Å². The summed E-state index contributed by atoms with van der Waals surface area (Å²) in [6.07, 6.45) is 0.240. The summed E-state index contributed by atoms with van der Waals surface area (Å²) < 4.78 is 28.0. The number of aliphatic hydroxyl groups excluding tert-OH is 2. The van der Waals surface area contributed by atoms with Crippen molar-refractivity contribution in [2.75, 3.05) is 24.7 Å². The fourth-order valence-electron chi connectivity index (χ4n) is 1.47. The van der Waals surface area contributed by atoms with Gasteiger partial charge in [-0.25, -0.2) is 8.42 Å². The standard InChI is InChI=1S/C8H16O5S/c9-4-7(10)5-14(11,12)6-8-2-1-3-13-8/h7-10H,1-6H2. The molecule has 6 heteroatoms. The van der Waals surface area contributed by atoms with Gasteiger partial charge in [0.05, 0.1) is 30.3 Å². The molecule has 2 N–H and O–H groups in total. The van der Waals surface area contributed by atoms with Crippen LogP contribution in [0.5, 0.6) is 0 Å². The maximum atomic E-state index is 11.4. The zero-order valence-corrected chi connectivity index (χ0v) is 8.74. The molecule has 84 valence electrons. The predicted molar refractivity (Wildman–Crippen MR) is 50.7 cm³/mol. The Bertz CT molecular complexity index is 255. The van der Waals surface area contributed by atoms with Crippen molar-refractivity contribution in [3.05, 3.63) is 0 Å². The third kappa shape index (κ3) is 3.91. The van der Waals surface area contributed by atoms with Gasteiger partial charge in [0.2, 0.25) is 0 Å². The normalized spacial score (nSPS) is 25.1. The molecule has 0 saturated carbocycles. The molecule has 1 saturated heterocycles. The van der Waals surface area contributed by atoms with Gasteiger partial charge in [-0.05, 0) is 12.8 Å². The molecule has 0 aromatic carbocycles. The van der Waals surface area contributed by atoms with Crippen LogP contribution in [0.3, 0.4) is 0 Å². The fraction of sp³-hybridized carbons (Fsp3) is 1.00. The minimum Gasteiger partial charge on any atom is -0.394 e. The molecular formula is C8H16O5S. The summed E-state index contributed by atoms with van der Waals surface area (Å²) in [5.41, 5.74) is 0. The number of hydrogen-bond donors (Lipinski definition) is 2. The number of sulfone groups is 1. The van der Waals surface area contributed by atoms with Crippen LogP contribution in [0.2, 0.25) is 0 Å². The van der Waals surface area contributed by atoms with Crippen LogP contribution < -0.4 is 0 Å². The Balaban J connectivity index is 2.40. The first kappa shape index (κ1) is 11.9. The van der Waals surface area contributed by atoms with Crippen molar-refractivity contribution in [3.63, 3.8) is 0 Å². The van der Waals surface area contributed by atoms with E-state index in [-0.39, 0.29) is 17.6 Å². The zero-order chi connectivity index (χ0) is 10.6. The van der Waals surface area contributed by atoms with Crippen molar-refractivity contribution in [2.45, 2.75) is 25.0 Å². The first-order chi connectivity index (χ1) is 6.53. The van der Waals surface area contributed by atoms with E-state index in [4.69, 9.17) is 14.9 Å². The lowest BCUT2D eigenvalue weighted by atomic mass is 10.3. The van der Waals surface area contributed by atoms with Crippen molar-refractivity contribution in [2.24, 2.45) is 0 Å². The molecule has 0 spiro atoms. The number of ether oxygens (including phenoxy) is 1. The van der Waals surface area contributed by atoms with E-state index in [1.165, 1.54) is 0 Å². The Labute approximate surface area is 83.6 Å². The maximum absolute atomic E-state index is 11.4. The minimum atomic E-state index is -3.31. The molecule has 14 heavy (non-hydrogen) atoms. The predicted octanol–water partition coefficient (Wildman–Crippen LogP) is -1.07. The van der Waals surface area contributed by atoms with Crippen LogP contribution in [0.15, 0.2) is 0 Å². The Kier molecular flexibility index (Phi) is 4.31. The Hall–Kier alpha value is -0.170. The molecule has 1 heterocycles. The van der Waals surface area contributed by atoms with Crippen LogP contribution in [0.1, 0.15) is 12.8 Å². The highest BCUT2D eigenvalue weighted by molar-refractivity contribution is 7.91. The van der Waals surface area contributed by atoms with Crippen molar-refractivity contribution in [3.8, 4) is 0 Å². The number of hydrogen-bond acceptors (Lipinski definition) is 5. The lowest BCUT2D eigenvalue weighted by Gasteiger charge is -2.12. The maximum Gasteiger partial charge on any atom is 0.155 e. The number of rotatable bonds is 5. The van der Waals surface area contributed by atoms with Crippen LogP contribution in [-0.4, -0.2) is 55.6 Å². The molecule has 1 rings (SSSR count). The number of aliphatic hydroxyl groups is 2. The molecular weight excluding hydrogens is 208 g/mol. The average Bonchev–Trinajstić information content (AvgIpc) is 2.54. The smallest absolute Gasteiger partial charge is 0.155 e. The average molecular weight is 224 g/mol. The summed E-state index contributed by atoms with van der Waals surface area (Å²) in [6.45, 7) is 0.0908. The molecule has 0 bridgehead atoms. The monoisotopic (exact) mass is 224 g/mol. The van der Waals surface area contributed by atoms with E-state index in [9.17, 15) is 8.42 Å². The molecule has 1 fully saturated rings. The van der Waals surface area contributed by atoms with E-state index in [0.29, 0.717) is 6.61 Å². The second-order valence-electron chi connectivity index (χ2n) is 3.55. The molecule has 1 aliphatic heterocycles.